The normalized spacial score (nSPS) is 10.3. The molecule has 2 rings (SSSR count). The molecular weight excluding hydrogens is 296 g/mol. The number of nitrogens with zero attached hydrogens (tertiary/aromatic N) is 1. The van der Waals surface area contributed by atoms with Crippen LogP contribution in [0.2, 0.25) is 0 Å². The fourth-order valence-corrected chi connectivity index (χ4v) is 3.62. The average molecular weight is 310 g/mol. The van der Waals surface area contributed by atoms with E-state index in [1.807, 2.05) is 36.4 Å². The first-order valence-electron chi connectivity index (χ1n) is 5.75. The highest BCUT2D eigenvalue weighted by molar-refractivity contribution is 8.01. The maximum absolute atomic E-state index is 10.7. The van der Waals surface area contributed by atoms with Crippen molar-refractivity contribution in [2.45, 2.75) is 15.6 Å². The summed E-state index contributed by atoms with van der Waals surface area (Å²) in [5.74, 6) is 0.818. The molecule has 0 saturated carbocycles. The van der Waals surface area contributed by atoms with Gasteiger partial charge in [-0.05, 0) is 36.4 Å². The number of carbonyl (C=O) groups excluding carboxylic acids is 1. The quantitative estimate of drug-likeness (QED) is 0.657. The van der Waals surface area contributed by atoms with Crippen LogP contribution in [0.25, 0.3) is 0 Å². The Balaban J connectivity index is 1.99. The van der Waals surface area contributed by atoms with Gasteiger partial charge in [-0.25, -0.2) is 9.86 Å². The highest BCUT2D eigenvalue weighted by Gasteiger charge is 2.09. The molecule has 0 saturated heterocycles. The Morgan fingerprint density at radius 2 is 2.05 bits per heavy atom. The van der Waals surface area contributed by atoms with Crippen molar-refractivity contribution in [1.82, 2.24) is 5.06 Å². The van der Waals surface area contributed by atoms with E-state index in [0.29, 0.717) is 5.06 Å². The molecule has 5 nitrogen and oxygen atoms in total. The Kier molecular flexibility index (Phi) is 4.89. The summed E-state index contributed by atoms with van der Waals surface area (Å²) in [6.07, 6.45) is 0. The summed E-state index contributed by atoms with van der Waals surface area (Å²) in [4.78, 5) is 12.7. The van der Waals surface area contributed by atoms with E-state index in [1.54, 1.807) is 18.9 Å². The second-order valence-corrected chi connectivity index (χ2v) is 6.44. The number of hydrogen-bond acceptors (Lipinski definition) is 5. The summed E-state index contributed by atoms with van der Waals surface area (Å²) in [6.45, 7) is 0.100. The number of nitrogens with two attached hydrogens (primary N) is 1. The third-order valence-corrected chi connectivity index (χ3v) is 4.68. The summed E-state index contributed by atoms with van der Waals surface area (Å²) >= 11 is 3.12. The zero-order valence-electron chi connectivity index (χ0n) is 10.8. The van der Waals surface area contributed by atoms with Crippen LogP contribution >= 0.6 is 23.1 Å². The molecule has 0 aliphatic rings. The van der Waals surface area contributed by atoms with Crippen LogP contribution in [0.3, 0.4) is 0 Å². The van der Waals surface area contributed by atoms with Crippen molar-refractivity contribution in [2.75, 3.05) is 7.11 Å². The summed E-state index contributed by atoms with van der Waals surface area (Å²) in [5, 5.41) is 9.78. The van der Waals surface area contributed by atoms with Crippen LogP contribution in [0.15, 0.2) is 45.5 Å². The summed E-state index contributed by atoms with van der Waals surface area (Å²) in [5.41, 5.74) is 4.97. The monoisotopic (exact) mass is 310 g/mol. The Hall–Kier alpha value is -1.70. The molecule has 0 radical (unpaired) electrons. The number of urea groups is 1. The molecule has 0 fully saturated rings. The molecular formula is C13H14N2O3S2. The maximum atomic E-state index is 10.7. The van der Waals surface area contributed by atoms with Crippen LogP contribution in [0.5, 0.6) is 5.75 Å². The largest absolute Gasteiger partial charge is 0.497 e. The zero-order chi connectivity index (χ0) is 14.5. The van der Waals surface area contributed by atoms with Crippen LogP contribution in [0, 0.1) is 0 Å². The van der Waals surface area contributed by atoms with Crippen molar-refractivity contribution in [3.05, 3.63) is 41.3 Å². The van der Waals surface area contributed by atoms with E-state index < -0.39 is 6.03 Å². The number of rotatable bonds is 5. The van der Waals surface area contributed by atoms with E-state index in [0.717, 1.165) is 19.7 Å². The van der Waals surface area contributed by atoms with E-state index in [1.165, 1.54) is 11.3 Å². The van der Waals surface area contributed by atoms with Gasteiger partial charge in [0, 0.05) is 9.77 Å². The highest BCUT2D eigenvalue weighted by atomic mass is 32.2. The van der Waals surface area contributed by atoms with E-state index in [9.17, 15) is 10.0 Å². The third kappa shape index (κ3) is 3.89. The van der Waals surface area contributed by atoms with Crippen molar-refractivity contribution < 1.29 is 14.7 Å². The van der Waals surface area contributed by atoms with Gasteiger partial charge >= 0.3 is 6.03 Å². The molecule has 0 spiro atoms. The molecule has 106 valence electrons. The number of ether oxygens (including phenoxy) is 1. The SMILES string of the molecule is COc1ccc(Sc2ccc(CN(O)C(N)=O)s2)cc1. The molecule has 2 aromatic rings. The maximum Gasteiger partial charge on any atom is 0.338 e. The number of thiophene rings is 1. The number of primary amides is 1. The molecule has 0 unspecified atom stereocenters. The van der Waals surface area contributed by atoms with Gasteiger partial charge in [0.05, 0.1) is 17.9 Å². The van der Waals surface area contributed by atoms with Crippen molar-refractivity contribution in [3.8, 4) is 5.75 Å². The highest BCUT2D eigenvalue weighted by Crippen LogP contribution is 2.34. The summed E-state index contributed by atoms with van der Waals surface area (Å²) in [6, 6.07) is 10.7. The lowest BCUT2D eigenvalue weighted by Gasteiger charge is -2.09. The van der Waals surface area contributed by atoms with Gasteiger partial charge in [0.1, 0.15) is 5.75 Å². The number of hydroxylamine groups is 2. The molecule has 0 atom stereocenters. The minimum Gasteiger partial charge on any atom is -0.497 e. The molecule has 3 N–H and O–H groups in total. The molecule has 0 aliphatic heterocycles. The van der Waals surface area contributed by atoms with Gasteiger partial charge in [-0.3, -0.25) is 5.21 Å². The standard InChI is InChI=1S/C13H14N2O3S2/c1-18-9-2-4-10(5-3-9)19-12-7-6-11(20-12)8-15(17)13(14)16/h2-7,17H,8H2,1H3,(H2,14,16). The summed E-state index contributed by atoms with van der Waals surface area (Å²) in [7, 11) is 1.63. The number of methoxy groups -OCH3 is 1. The molecule has 1 aromatic heterocycles. The van der Waals surface area contributed by atoms with Crippen LogP contribution in [-0.4, -0.2) is 23.4 Å². The van der Waals surface area contributed by atoms with Gasteiger partial charge in [0.15, 0.2) is 0 Å². The van der Waals surface area contributed by atoms with Crippen molar-refractivity contribution in [3.63, 3.8) is 0 Å². The van der Waals surface area contributed by atoms with Gasteiger partial charge in [0.25, 0.3) is 0 Å². The first-order chi connectivity index (χ1) is 9.58. The minimum absolute atomic E-state index is 0.100. The lowest BCUT2D eigenvalue weighted by molar-refractivity contribution is -0.0462. The van der Waals surface area contributed by atoms with Gasteiger partial charge in [0.2, 0.25) is 0 Å². The van der Waals surface area contributed by atoms with E-state index in [-0.39, 0.29) is 6.54 Å². The van der Waals surface area contributed by atoms with Crippen molar-refractivity contribution >= 4 is 29.1 Å². The first-order valence-corrected chi connectivity index (χ1v) is 7.38. The minimum atomic E-state index is -0.859. The molecule has 1 aromatic carbocycles. The average Bonchev–Trinajstić information content (AvgIpc) is 2.86. The zero-order valence-corrected chi connectivity index (χ0v) is 12.4. The molecule has 2 amide bonds. The third-order valence-electron chi connectivity index (χ3n) is 2.47. The Morgan fingerprint density at radius 3 is 2.65 bits per heavy atom. The lowest BCUT2D eigenvalue weighted by atomic mass is 10.3. The second kappa shape index (κ2) is 6.65. The van der Waals surface area contributed by atoms with E-state index >= 15 is 0 Å². The van der Waals surface area contributed by atoms with E-state index in [4.69, 9.17) is 10.5 Å². The first kappa shape index (κ1) is 14.7. The molecule has 0 aliphatic carbocycles. The van der Waals surface area contributed by atoms with Crippen LogP contribution in [0.4, 0.5) is 4.79 Å². The Bertz CT molecular complexity index is 584. The van der Waals surface area contributed by atoms with Crippen LogP contribution in [0.1, 0.15) is 4.88 Å². The molecule has 0 bridgehead atoms. The fourth-order valence-electron chi connectivity index (χ4n) is 1.48. The number of carbonyl (C=O) groups is 1. The van der Waals surface area contributed by atoms with Gasteiger partial charge in [-0.15, -0.1) is 11.3 Å². The van der Waals surface area contributed by atoms with Crippen LogP contribution in [-0.2, 0) is 6.54 Å². The Morgan fingerprint density at radius 1 is 1.35 bits per heavy atom. The molecule has 20 heavy (non-hydrogen) atoms. The van der Waals surface area contributed by atoms with Gasteiger partial charge in [-0.2, -0.15) is 0 Å². The molecule has 7 heteroatoms. The molecule has 1 heterocycles. The fraction of sp³-hybridized carbons (Fsp3) is 0.154. The van der Waals surface area contributed by atoms with Crippen molar-refractivity contribution in [1.29, 1.82) is 0 Å². The van der Waals surface area contributed by atoms with Crippen LogP contribution < -0.4 is 10.5 Å². The predicted octanol–water partition coefficient (Wildman–Crippen LogP) is 3.18. The van der Waals surface area contributed by atoms with E-state index in [2.05, 4.69) is 0 Å². The lowest BCUT2D eigenvalue weighted by Crippen LogP contribution is -2.31. The predicted molar refractivity (Wildman–Crippen MR) is 78.3 cm³/mol. The van der Waals surface area contributed by atoms with Gasteiger partial charge in [-0.1, -0.05) is 11.8 Å². The topological polar surface area (TPSA) is 75.8 Å². The smallest absolute Gasteiger partial charge is 0.338 e. The summed E-state index contributed by atoms with van der Waals surface area (Å²) < 4.78 is 6.18. The number of hydrogen-bond donors (Lipinski definition) is 2. The Labute approximate surface area is 124 Å². The van der Waals surface area contributed by atoms with Gasteiger partial charge < -0.3 is 10.5 Å². The number of amides is 2. The number of benzene rings is 1. The van der Waals surface area contributed by atoms with Crippen molar-refractivity contribution in [2.24, 2.45) is 5.73 Å². The second-order valence-electron chi connectivity index (χ2n) is 3.89.